The van der Waals surface area contributed by atoms with E-state index in [9.17, 15) is 0 Å². The van der Waals surface area contributed by atoms with Crippen molar-refractivity contribution in [2.75, 3.05) is 0 Å². The van der Waals surface area contributed by atoms with E-state index in [2.05, 4.69) is 209 Å². The van der Waals surface area contributed by atoms with E-state index in [0.29, 0.717) is 0 Å². The van der Waals surface area contributed by atoms with Crippen LogP contribution in [0.4, 0.5) is 0 Å². The first kappa shape index (κ1) is 30.4. The van der Waals surface area contributed by atoms with Gasteiger partial charge in [-0.25, -0.2) is 4.98 Å². The number of aromatic nitrogens is 3. The summed E-state index contributed by atoms with van der Waals surface area (Å²) in [6.07, 6.45) is 0. The zero-order valence-electron chi connectivity index (χ0n) is 29.4. The van der Waals surface area contributed by atoms with E-state index in [-0.39, 0.29) is 0 Å². The van der Waals surface area contributed by atoms with Crippen LogP contribution in [-0.2, 0) is 0 Å². The Morgan fingerprint density at radius 3 is 1.76 bits per heavy atom. The van der Waals surface area contributed by atoms with Crippen molar-refractivity contribution in [3.63, 3.8) is 0 Å². The fourth-order valence-corrected chi connectivity index (χ4v) is 8.41. The van der Waals surface area contributed by atoms with Gasteiger partial charge in [0.05, 0.1) is 33.5 Å². The molecule has 0 atom stereocenters. The zero-order valence-corrected chi connectivity index (χ0v) is 29.4. The van der Waals surface area contributed by atoms with E-state index in [1.165, 1.54) is 54.4 Å². The molecule has 0 bridgehead atoms. The fourth-order valence-electron chi connectivity index (χ4n) is 8.41. The molecule has 0 aliphatic heterocycles. The molecule has 0 aliphatic rings. The number of pyridine rings is 1. The van der Waals surface area contributed by atoms with E-state index in [1.807, 2.05) is 0 Å². The Bertz CT molecular complexity index is 3210. The van der Waals surface area contributed by atoms with E-state index < -0.39 is 0 Å². The largest absolute Gasteiger partial charge is 0.309 e. The number of para-hydroxylation sites is 3. The lowest BCUT2D eigenvalue weighted by atomic mass is 9.98. The molecular weight excluding hydrogens is 655 g/mol. The van der Waals surface area contributed by atoms with Crippen LogP contribution in [0, 0.1) is 0 Å². The summed E-state index contributed by atoms with van der Waals surface area (Å²) in [6.45, 7) is 0. The summed E-state index contributed by atoms with van der Waals surface area (Å²) in [5, 5.41) is 7.40. The number of benzene rings is 8. The molecule has 3 heteroatoms. The minimum atomic E-state index is 0.953. The molecule has 0 radical (unpaired) electrons. The normalized spacial score (nSPS) is 11.7. The van der Waals surface area contributed by atoms with E-state index in [0.717, 1.165) is 45.0 Å². The van der Waals surface area contributed by atoms with Crippen molar-refractivity contribution < 1.29 is 0 Å². The Hall–Kier alpha value is -7.23. The van der Waals surface area contributed by atoms with Crippen LogP contribution in [-0.4, -0.2) is 14.1 Å². The molecule has 0 spiro atoms. The van der Waals surface area contributed by atoms with Crippen molar-refractivity contribution in [1.29, 1.82) is 0 Å². The highest BCUT2D eigenvalue weighted by molar-refractivity contribution is 6.26. The second kappa shape index (κ2) is 12.2. The van der Waals surface area contributed by atoms with Gasteiger partial charge in [0.2, 0.25) is 0 Å². The predicted octanol–water partition coefficient (Wildman–Crippen LogP) is 13.4. The number of hydrogen-bond acceptors (Lipinski definition) is 1. The lowest BCUT2D eigenvalue weighted by Crippen LogP contribution is -1.96. The van der Waals surface area contributed by atoms with Gasteiger partial charge in [0.1, 0.15) is 0 Å². The topological polar surface area (TPSA) is 22.8 Å². The number of rotatable bonds is 5. The van der Waals surface area contributed by atoms with Gasteiger partial charge in [0.15, 0.2) is 0 Å². The lowest BCUT2D eigenvalue weighted by molar-refractivity contribution is 1.17. The molecular formula is C51H33N3. The second-order valence-electron chi connectivity index (χ2n) is 14.0. The van der Waals surface area contributed by atoms with Crippen LogP contribution < -0.4 is 0 Å². The fraction of sp³-hybridized carbons (Fsp3) is 0. The third kappa shape index (κ3) is 4.79. The molecule has 0 saturated carbocycles. The van der Waals surface area contributed by atoms with Gasteiger partial charge in [-0.1, -0.05) is 140 Å². The van der Waals surface area contributed by atoms with E-state index in [1.54, 1.807) is 0 Å². The van der Waals surface area contributed by atoms with Gasteiger partial charge >= 0.3 is 0 Å². The van der Waals surface area contributed by atoms with Gasteiger partial charge in [-0.15, -0.1) is 0 Å². The van der Waals surface area contributed by atoms with Crippen molar-refractivity contribution in [3.05, 3.63) is 200 Å². The maximum Gasteiger partial charge on any atom is 0.0715 e. The van der Waals surface area contributed by atoms with Crippen molar-refractivity contribution in [3.8, 4) is 45.0 Å². The third-order valence-corrected chi connectivity index (χ3v) is 10.9. The summed E-state index contributed by atoms with van der Waals surface area (Å²) in [7, 11) is 0. The lowest BCUT2D eigenvalue weighted by Gasteiger charge is -2.14. The predicted molar refractivity (Wildman–Crippen MR) is 227 cm³/mol. The van der Waals surface area contributed by atoms with Crippen molar-refractivity contribution >= 4 is 54.4 Å². The molecule has 252 valence electrons. The summed E-state index contributed by atoms with van der Waals surface area (Å²) in [4.78, 5) is 5.24. The third-order valence-electron chi connectivity index (χ3n) is 10.9. The minimum absolute atomic E-state index is 0.953. The summed E-state index contributed by atoms with van der Waals surface area (Å²) in [5.41, 5.74) is 13.4. The highest BCUT2D eigenvalue weighted by Crippen LogP contribution is 2.42. The van der Waals surface area contributed by atoms with E-state index in [4.69, 9.17) is 4.98 Å². The van der Waals surface area contributed by atoms with Gasteiger partial charge in [0, 0.05) is 44.0 Å². The van der Waals surface area contributed by atoms with Gasteiger partial charge in [0.25, 0.3) is 0 Å². The molecule has 0 aliphatic carbocycles. The van der Waals surface area contributed by atoms with Crippen LogP contribution >= 0.6 is 0 Å². The first-order chi connectivity index (χ1) is 26.8. The highest BCUT2D eigenvalue weighted by Gasteiger charge is 2.21. The van der Waals surface area contributed by atoms with Gasteiger partial charge in [-0.05, 0) is 82.6 Å². The zero-order chi connectivity index (χ0) is 35.6. The number of nitrogens with zero attached hydrogens (tertiary/aromatic N) is 3. The summed E-state index contributed by atoms with van der Waals surface area (Å²) in [6, 6.07) is 72.0. The Morgan fingerprint density at radius 2 is 0.944 bits per heavy atom. The molecule has 8 aromatic carbocycles. The smallest absolute Gasteiger partial charge is 0.0715 e. The van der Waals surface area contributed by atoms with Gasteiger partial charge < -0.3 is 9.13 Å². The van der Waals surface area contributed by atoms with Crippen LogP contribution in [0.2, 0.25) is 0 Å². The molecule has 11 aromatic rings. The second-order valence-corrected chi connectivity index (χ2v) is 14.0. The van der Waals surface area contributed by atoms with Gasteiger partial charge in [-0.3, -0.25) is 0 Å². The monoisotopic (exact) mass is 687 g/mol. The average molecular weight is 688 g/mol. The quantitative estimate of drug-likeness (QED) is 0.177. The van der Waals surface area contributed by atoms with Gasteiger partial charge in [-0.2, -0.15) is 0 Å². The minimum Gasteiger partial charge on any atom is -0.309 e. The number of hydrogen-bond donors (Lipinski definition) is 0. The number of fused-ring (bicyclic) bond motifs is 8. The van der Waals surface area contributed by atoms with Crippen molar-refractivity contribution in [2.24, 2.45) is 0 Å². The summed E-state index contributed by atoms with van der Waals surface area (Å²) in [5.74, 6) is 0. The molecule has 0 unspecified atom stereocenters. The Labute approximate surface area is 312 Å². The molecule has 0 N–H and O–H groups in total. The standard InChI is InChI=1S/C51H33N3/c1-3-15-35(16-4-1)45-32-39(33-46(52-45)38-27-26-34-14-7-8-17-36(34)30-38)37-18-13-21-41(31-37)54-47-24-11-9-22-42(47)43-28-29-49-50(51(43)54)44-23-10-12-25-48(44)53(49)40-19-5-2-6-20-40/h1-33H. The van der Waals surface area contributed by atoms with Crippen LogP contribution in [0.5, 0.6) is 0 Å². The first-order valence-corrected chi connectivity index (χ1v) is 18.5. The van der Waals surface area contributed by atoms with Crippen LogP contribution in [0.25, 0.3) is 99.4 Å². The maximum absolute atomic E-state index is 5.24. The van der Waals surface area contributed by atoms with Crippen LogP contribution in [0.3, 0.4) is 0 Å². The summed E-state index contributed by atoms with van der Waals surface area (Å²) < 4.78 is 4.88. The Balaban J connectivity index is 1.17. The van der Waals surface area contributed by atoms with Crippen LogP contribution in [0.1, 0.15) is 0 Å². The molecule has 11 rings (SSSR count). The molecule has 3 heterocycles. The van der Waals surface area contributed by atoms with Crippen molar-refractivity contribution in [1.82, 2.24) is 14.1 Å². The summed E-state index contributed by atoms with van der Waals surface area (Å²) >= 11 is 0. The molecule has 0 fully saturated rings. The molecule has 3 nitrogen and oxygen atoms in total. The molecule has 0 saturated heterocycles. The highest BCUT2D eigenvalue weighted by atomic mass is 15.0. The molecule has 54 heavy (non-hydrogen) atoms. The van der Waals surface area contributed by atoms with Crippen LogP contribution in [0.15, 0.2) is 200 Å². The van der Waals surface area contributed by atoms with E-state index >= 15 is 0 Å². The average Bonchev–Trinajstić information content (AvgIpc) is 3.77. The Kier molecular flexibility index (Phi) is 6.86. The Morgan fingerprint density at radius 1 is 0.315 bits per heavy atom. The molecule has 0 amide bonds. The van der Waals surface area contributed by atoms with Crippen molar-refractivity contribution in [2.45, 2.75) is 0 Å². The SMILES string of the molecule is c1ccc(-c2cc(-c3cccc(-n4c5ccccc5c5ccc6c(c7ccccc7n6-c6ccccc6)c54)c3)cc(-c3ccc4ccccc4c3)n2)cc1. The first-order valence-electron chi connectivity index (χ1n) is 18.5. The molecule has 3 aromatic heterocycles. The maximum atomic E-state index is 5.24.